The lowest BCUT2D eigenvalue weighted by Crippen LogP contribution is -1.88. The lowest BCUT2D eigenvalue weighted by Gasteiger charge is -1.96. The molecule has 1 heterocycles. The molecule has 0 atom stereocenters. The van der Waals surface area contributed by atoms with Gasteiger partial charge in [0.15, 0.2) is 0 Å². The monoisotopic (exact) mass is 330 g/mol. The molecule has 3 aromatic rings. The van der Waals surface area contributed by atoms with Crippen LogP contribution in [0.25, 0.3) is 11.4 Å². The van der Waals surface area contributed by atoms with Gasteiger partial charge in [-0.2, -0.15) is 4.98 Å². The summed E-state index contributed by atoms with van der Waals surface area (Å²) < 4.78 is 6.27. The lowest BCUT2D eigenvalue weighted by molar-refractivity contribution is 0.385. The summed E-state index contributed by atoms with van der Waals surface area (Å²) in [5.74, 6) is 1.21. The Hall–Kier alpha value is -2.14. The highest BCUT2D eigenvalue weighted by Crippen LogP contribution is 2.21. The molecule has 0 unspecified atom stereocenters. The highest BCUT2D eigenvalue weighted by molar-refractivity contribution is 9.10. The van der Waals surface area contributed by atoms with Gasteiger partial charge in [-0.1, -0.05) is 45.4 Å². The molecule has 1 N–H and O–H groups in total. The van der Waals surface area contributed by atoms with Crippen molar-refractivity contribution >= 4 is 15.9 Å². The molecule has 0 amide bonds. The molecule has 0 aliphatic rings. The van der Waals surface area contributed by atoms with E-state index in [1.54, 1.807) is 18.2 Å². The number of rotatable bonds is 3. The fourth-order valence-electron chi connectivity index (χ4n) is 1.87. The number of aromatic nitrogens is 2. The first-order chi connectivity index (χ1) is 9.70. The molecule has 0 aliphatic carbocycles. The van der Waals surface area contributed by atoms with Crippen molar-refractivity contribution in [1.29, 1.82) is 0 Å². The van der Waals surface area contributed by atoms with Crippen LogP contribution in [0.3, 0.4) is 0 Å². The third-order valence-electron chi connectivity index (χ3n) is 2.84. The molecule has 0 spiro atoms. The Morgan fingerprint density at radius 2 is 1.90 bits per heavy atom. The van der Waals surface area contributed by atoms with Crippen LogP contribution < -0.4 is 0 Å². The molecule has 2 aromatic carbocycles. The van der Waals surface area contributed by atoms with E-state index < -0.39 is 0 Å². The van der Waals surface area contributed by atoms with Gasteiger partial charge < -0.3 is 9.63 Å². The second kappa shape index (κ2) is 5.46. The fraction of sp³-hybridized carbons (Fsp3) is 0.0667. The minimum absolute atomic E-state index is 0.182. The smallest absolute Gasteiger partial charge is 0.231 e. The van der Waals surface area contributed by atoms with Crippen molar-refractivity contribution < 1.29 is 9.63 Å². The van der Waals surface area contributed by atoms with Crippen LogP contribution in [0.4, 0.5) is 0 Å². The van der Waals surface area contributed by atoms with Crippen LogP contribution in [0.1, 0.15) is 11.5 Å². The van der Waals surface area contributed by atoms with Crippen LogP contribution in [0.2, 0.25) is 0 Å². The summed E-state index contributed by atoms with van der Waals surface area (Å²) in [6.45, 7) is 0. The van der Waals surface area contributed by atoms with Crippen LogP contribution >= 0.6 is 15.9 Å². The number of phenols is 1. The Morgan fingerprint density at radius 1 is 1.10 bits per heavy atom. The average molecular weight is 331 g/mol. The summed E-state index contributed by atoms with van der Waals surface area (Å²) in [5, 5.41) is 13.4. The first-order valence-corrected chi connectivity index (χ1v) is 6.86. The van der Waals surface area contributed by atoms with Crippen molar-refractivity contribution in [2.45, 2.75) is 6.42 Å². The number of nitrogens with zero attached hydrogens (tertiary/aromatic N) is 2. The molecule has 0 fully saturated rings. The van der Waals surface area contributed by atoms with Crippen molar-refractivity contribution in [1.82, 2.24) is 10.1 Å². The molecule has 0 radical (unpaired) electrons. The highest BCUT2D eigenvalue weighted by atomic mass is 79.9. The maximum absolute atomic E-state index is 9.45. The van der Waals surface area contributed by atoms with Crippen molar-refractivity contribution in [3.63, 3.8) is 0 Å². The molecule has 4 nitrogen and oxygen atoms in total. The second-order valence-corrected chi connectivity index (χ2v) is 5.28. The average Bonchev–Trinajstić information content (AvgIpc) is 2.90. The summed E-state index contributed by atoms with van der Waals surface area (Å²) in [6, 6.07) is 14.7. The van der Waals surface area contributed by atoms with Crippen LogP contribution in [0.5, 0.6) is 5.75 Å². The van der Waals surface area contributed by atoms with E-state index in [1.807, 2.05) is 30.3 Å². The maximum atomic E-state index is 9.45. The van der Waals surface area contributed by atoms with E-state index in [-0.39, 0.29) is 5.75 Å². The molecular formula is C15H11BrN2O2. The van der Waals surface area contributed by atoms with Crippen molar-refractivity contribution in [2.75, 3.05) is 0 Å². The minimum atomic E-state index is 0.182. The van der Waals surface area contributed by atoms with Gasteiger partial charge in [-0.05, 0) is 29.8 Å². The molecule has 0 bridgehead atoms. The van der Waals surface area contributed by atoms with Crippen LogP contribution in [-0.2, 0) is 6.42 Å². The third-order valence-corrected chi connectivity index (χ3v) is 3.37. The molecule has 20 heavy (non-hydrogen) atoms. The number of benzene rings is 2. The lowest BCUT2D eigenvalue weighted by atomic mass is 10.1. The van der Waals surface area contributed by atoms with Crippen LogP contribution in [0, 0.1) is 0 Å². The van der Waals surface area contributed by atoms with E-state index in [4.69, 9.17) is 4.52 Å². The Labute approximate surface area is 124 Å². The minimum Gasteiger partial charge on any atom is -0.508 e. The summed E-state index contributed by atoms with van der Waals surface area (Å²) in [5.41, 5.74) is 1.83. The quantitative estimate of drug-likeness (QED) is 0.793. The summed E-state index contributed by atoms with van der Waals surface area (Å²) in [7, 11) is 0. The summed E-state index contributed by atoms with van der Waals surface area (Å²) >= 11 is 3.40. The van der Waals surface area contributed by atoms with Crippen LogP contribution in [-0.4, -0.2) is 15.2 Å². The largest absolute Gasteiger partial charge is 0.508 e. The van der Waals surface area contributed by atoms with E-state index in [0.29, 0.717) is 18.1 Å². The van der Waals surface area contributed by atoms with Crippen molar-refractivity contribution in [3.05, 3.63) is 64.5 Å². The van der Waals surface area contributed by atoms with Crippen molar-refractivity contribution in [3.8, 4) is 17.1 Å². The Morgan fingerprint density at radius 3 is 2.65 bits per heavy atom. The van der Waals surface area contributed by atoms with Gasteiger partial charge in [0, 0.05) is 10.0 Å². The van der Waals surface area contributed by atoms with Gasteiger partial charge in [-0.3, -0.25) is 0 Å². The predicted octanol–water partition coefficient (Wildman–Crippen LogP) is 3.80. The van der Waals surface area contributed by atoms with Gasteiger partial charge in [-0.15, -0.1) is 0 Å². The van der Waals surface area contributed by atoms with E-state index >= 15 is 0 Å². The molecule has 5 heteroatoms. The van der Waals surface area contributed by atoms with E-state index in [2.05, 4.69) is 26.1 Å². The molecule has 100 valence electrons. The zero-order valence-electron chi connectivity index (χ0n) is 10.5. The van der Waals surface area contributed by atoms with E-state index in [1.165, 1.54) is 0 Å². The Bertz CT molecular complexity index is 723. The number of hydrogen-bond donors (Lipinski definition) is 1. The predicted molar refractivity (Wildman–Crippen MR) is 78.3 cm³/mol. The number of phenolic OH excluding ortho intramolecular Hbond substituents is 1. The molecule has 0 saturated heterocycles. The zero-order chi connectivity index (χ0) is 13.9. The standard InChI is InChI=1S/C15H11BrN2O2/c16-12-6-4-10(5-7-12)8-14-17-15(18-20-14)11-2-1-3-13(19)9-11/h1-7,9,19H,8H2. The zero-order valence-corrected chi connectivity index (χ0v) is 12.0. The Balaban J connectivity index is 1.82. The van der Waals surface area contributed by atoms with Gasteiger partial charge in [0.2, 0.25) is 11.7 Å². The second-order valence-electron chi connectivity index (χ2n) is 4.37. The Kier molecular flexibility index (Phi) is 3.52. The van der Waals surface area contributed by atoms with Gasteiger partial charge >= 0.3 is 0 Å². The summed E-state index contributed by atoms with van der Waals surface area (Å²) in [4.78, 5) is 4.34. The molecule has 3 rings (SSSR count). The van der Waals surface area contributed by atoms with Crippen LogP contribution in [0.15, 0.2) is 57.5 Å². The maximum Gasteiger partial charge on any atom is 0.231 e. The molecular weight excluding hydrogens is 320 g/mol. The summed E-state index contributed by atoms with van der Waals surface area (Å²) in [6.07, 6.45) is 0.582. The third kappa shape index (κ3) is 2.88. The highest BCUT2D eigenvalue weighted by Gasteiger charge is 2.09. The first-order valence-electron chi connectivity index (χ1n) is 6.07. The molecule has 1 aromatic heterocycles. The van der Waals surface area contributed by atoms with Gasteiger partial charge in [0.05, 0.1) is 6.42 Å². The SMILES string of the molecule is Oc1cccc(-c2noc(Cc3ccc(Br)cc3)n2)c1. The molecule has 0 aliphatic heterocycles. The van der Waals surface area contributed by atoms with Gasteiger partial charge in [0.1, 0.15) is 5.75 Å². The number of halogens is 1. The number of aromatic hydroxyl groups is 1. The van der Waals surface area contributed by atoms with Gasteiger partial charge in [0.25, 0.3) is 0 Å². The normalized spacial score (nSPS) is 10.7. The van der Waals surface area contributed by atoms with Gasteiger partial charge in [-0.25, -0.2) is 0 Å². The van der Waals surface area contributed by atoms with E-state index in [9.17, 15) is 5.11 Å². The number of hydrogen-bond acceptors (Lipinski definition) is 4. The van der Waals surface area contributed by atoms with Crippen molar-refractivity contribution in [2.24, 2.45) is 0 Å². The fourth-order valence-corrected chi connectivity index (χ4v) is 2.13. The topological polar surface area (TPSA) is 59.2 Å². The molecule has 0 saturated carbocycles. The van der Waals surface area contributed by atoms with E-state index in [0.717, 1.165) is 15.6 Å². The first kappa shape index (κ1) is 12.9.